The Hall–Kier alpha value is -3.17. The van der Waals surface area contributed by atoms with E-state index in [4.69, 9.17) is 0 Å². The standard InChI is InChI=1S/C20H15N5O2S2/c26-18(16-6-3-9-28-16)24-20-23-14-7-8-25(11-17(14)29-20)19(27)15-10-21-12-4-1-2-5-13(12)22-15/h1-6,9-10H,7-8,11H2,(H,23,24,26). The molecule has 4 aromatic rings. The zero-order valence-electron chi connectivity index (χ0n) is 15.2. The molecule has 0 unspecified atom stereocenters. The summed E-state index contributed by atoms with van der Waals surface area (Å²) in [6.07, 6.45) is 2.17. The van der Waals surface area contributed by atoms with Crippen LogP contribution in [0.15, 0.2) is 48.0 Å². The topological polar surface area (TPSA) is 88.1 Å². The van der Waals surface area contributed by atoms with E-state index in [2.05, 4.69) is 20.3 Å². The van der Waals surface area contributed by atoms with Crippen molar-refractivity contribution in [1.82, 2.24) is 19.9 Å². The monoisotopic (exact) mass is 421 g/mol. The van der Waals surface area contributed by atoms with Crippen molar-refractivity contribution < 1.29 is 9.59 Å². The first-order valence-electron chi connectivity index (χ1n) is 9.02. The highest BCUT2D eigenvalue weighted by atomic mass is 32.1. The van der Waals surface area contributed by atoms with Gasteiger partial charge >= 0.3 is 0 Å². The SMILES string of the molecule is O=C(Nc1nc2c(s1)CN(C(=O)c1cnc3ccccc3n1)CC2)c1cccs1. The molecule has 5 rings (SSSR count). The number of hydrogen-bond donors (Lipinski definition) is 1. The molecule has 0 spiro atoms. The van der Waals surface area contributed by atoms with Gasteiger partial charge in [0.2, 0.25) is 0 Å². The fourth-order valence-corrected chi connectivity index (χ4v) is 4.85. The minimum atomic E-state index is -0.162. The average Bonchev–Trinajstić information content (AvgIpc) is 3.42. The number of carbonyl (C=O) groups excluding carboxylic acids is 2. The number of fused-ring (bicyclic) bond motifs is 2. The van der Waals surface area contributed by atoms with Crippen molar-refractivity contribution in [2.75, 3.05) is 11.9 Å². The molecule has 0 saturated heterocycles. The van der Waals surface area contributed by atoms with E-state index in [1.165, 1.54) is 28.9 Å². The number of amides is 2. The van der Waals surface area contributed by atoms with E-state index in [1.54, 1.807) is 11.0 Å². The molecule has 144 valence electrons. The average molecular weight is 422 g/mol. The normalized spacial score (nSPS) is 13.3. The summed E-state index contributed by atoms with van der Waals surface area (Å²) < 4.78 is 0. The maximum absolute atomic E-state index is 12.9. The van der Waals surface area contributed by atoms with Gasteiger partial charge in [-0.05, 0) is 23.6 Å². The molecule has 4 heterocycles. The van der Waals surface area contributed by atoms with Gasteiger partial charge in [-0.1, -0.05) is 29.5 Å². The van der Waals surface area contributed by atoms with Crippen LogP contribution < -0.4 is 5.32 Å². The molecule has 0 saturated carbocycles. The third kappa shape index (κ3) is 3.50. The summed E-state index contributed by atoms with van der Waals surface area (Å²) in [6, 6.07) is 11.1. The molecule has 0 atom stereocenters. The number of hydrogen-bond acceptors (Lipinski definition) is 7. The number of thiazole rings is 1. The van der Waals surface area contributed by atoms with Gasteiger partial charge in [-0.3, -0.25) is 19.9 Å². The maximum atomic E-state index is 12.9. The molecule has 7 nitrogen and oxygen atoms in total. The number of thiophene rings is 1. The van der Waals surface area contributed by atoms with Crippen LogP contribution in [-0.2, 0) is 13.0 Å². The molecule has 0 fully saturated rings. The highest BCUT2D eigenvalue weighted by molar-refractivity contribution is 7.16. The third-order valence-corrected chi connectivity index (χ3v) is 6.52. The first-order valence-corrected chi connectivity index (χ1v) is 10.7. The summed E-state index contributed by atoms with van der Waals surface area (Å²) in [5, 5.41) is 5.28. The Bertz CT molecular complexity index is 1220. The van der Waals surface area contributed by atoms with Gasteiger partial charge in [-0.25, -0.2) is 9.97 Å². The van der Waals surface area contributed by atoms with Gasteiger partial charge in [0.15, 0.2) is 5.13 Å². The number of carbonyl (C=O) groups is 2. The number of nitrogens with one attached hydrogen (secondary N) is 1. The minimum absolute atomic E-state index is 0.147. The molecule has 0 bridgehead atoms. The molecule has 29 heavy (non-hydrogen) atoms. The highest BCUT2D eigenvalue weighted by Crippen LogP contribution is 2.29. The van der Waals surface area contributed by atoms with Crippen LogP contribution in [0.3, 0.4) is 0 Å². The van der Waals surface area contributed by atoms with Crippen molar-refractivity contribution in [1.29, 1.82) is 0 Å². The number of anilines is 1. The Morgan fingerprint density at radius 3 is 2.76 bits per heavy atom. The van der Waals surface area contributed by atoms with Gasteiger partial charge in [0, 0.05) is 17.8 Å². The Morgan fingerprint density at radius 1 is 1.07 bits per heavy atom. The van der Waals surface area contributed by atoms with Crippen LogP contribution in [0.5, 0.6) is 0 Å². The second kappa shape index (κ2) is 7.34. The molecular formula is C20H15N5O2S2. The largest absolute Gasteiger partial charge is 0.332 e. The quantitative estimate of drug-likeness (QED) is 0.546. The van der Waals surface area contributed by atoms with E-state index in [9.17, 15) is 9.59 Å². The number of rotatable bonds is 3. The summed E-state index contributed by atoms with van der Waals surface area (Å²) in [7, 11) is 0. The lowest BCUT2D eigenvalue weighted by Crippen LogP contribution is -2.36. The molecule has 9 heteroatoms. The molecule has 0 radical (unpaired) electrons. The number of nitrogens with zero attached hydrogens (tertiary/aromatic N) is 4. The van der Waals surface area contributed by atoms with Crippen molar-refractivity contribution >= 4 is 50.7 Å². The van der Waals surface area contributed by atoms with Crippen LogP contribution in [0, 0.1) is 0 Å². The van der Waals surface area contributed by atoms with Crippen molar-refractivity contribution in [2.24, 2.45) is 0 Å². The lowest BCUT2D eigenvalue weighted by molar-refractivity contribution is 0.0730. The molecule has 2 amide bonds. The first kappa shape index (κ1) is 17.9. The van der Waals surface area contributed by atoms with Crippen LogP contribution >= 0.6 is 22.7 Å². The predicted molar refractivity (Wildman–Crippen MR) is 112 cm³/mol. The maximum Gasteiger partial charge on any atom is 0.274 e. The Balaban J connectivity index is 1.33. The van der Waals surface area contributed by atoms with Crippen molar-refractivity contribution in [3.8, 4) is 0 Å². The van der Waals surface area contributed by atoms with Gasteiger partial charge in [-0.2, -0.15) is 0 Å². The van der Waals surface area contributed by atoms with Gasteiger partial charge in [0.25, 0.3) is 11.8 Å². The zero-order valence-corrected chi connectivity index (χ0v) is 16.8. The fourth-order valence-electron chi connectivity index (χ4n) is 3.21. The fraction of sp³-hybridized carbons (Fsp3) is 0.150. The van der Waals surface area contributed by atoms with Gasteiger partial charge < -0.3 is 4.90 Å². The lowest BCUT2D eigenvalue weighted by Gasteiger charge is -2.25. The van der Waals surface area contributed by atoms with Gasteiger partial charge in [0.05, 0.1) is 34.3 Å². The van der Waals surface area contributed by atoms with Crippen LogP contribution in [0.25, 0.3) is 11.0 Å². The van der Waals surface area contributed by atoms with Crippen LogP contribution in [-0.4, -0.2) is 38.2 Å². The van der Waals surface area contributed by atoms with Crippen molar-refractivity contribution in [3.05, 3.63) is 69.1 Å². The molecule has 1 aromatic carbocycles. The smallest absolute Gasteiger partial charge is 0.274 e. The summed E-state index contributed by atoms with van der Waals surface area (Å²) in [6.45, 7) is 1.01. The molecule has 1 aliphatic rings. The van der Waals surface area contributed by atoms with E-state index in [0.717, 1.165) is 16.1 Å². The molecule has 1 aliphatic heterocycles. The Labute approximate surface area is 174 Å². The van der Waals surface area contributed by atoms with Crippen LogP contribution in [0.1, 0.15) is 30.7 Å². The minimum Gasteiger partial charge on any atom is -0.332 e. The second-order valence-electron chi connectivity index (χ2n) is 6.54. The first-order chi connectivity index (χ1) is 14.2. The van der Waals surface area contributed by atoms with Crippen LogP contribution in [0.4, 0.5) is 5.13 Å². The molecule has 1 N–H and O–H groups in total. The summed E-state index contributed by atoms with van der Waals surface area (Å²) >= 11 is 2.80. The van der Waals surface area contributed by atoms with Crippen LogP contribution in [0.2, 0.25) is 0 Å². The molecular weight excluding hydrogens is 406 g/mol. The predicted octanol–water partition coefficient (Wildman–Crippen LogP) is 3.60. The van der Waals surface area contributed by atoms with Gasteiger partial charge in [0.1, 0.15) is 5.69 Å². The third-order valence-electron chi connectivity index (χ3n) is 4.65. The Kier molecular flexibility index (Phi) is 4.53. The van der Waals surface area contributed by atoms with Gasteiger partial charge in [-0.15, -0.1) is 11.3 Å². The number of aromatic nitrogens is 3. The lowest BCUT2D eigenvalue weighted by atomic mass is 10.1. The summed E-state index contributed by atoms with van der Waals surface area (Å²) in [5.41, 5.74) is 2.74. The van der Waals surface area contributed by atoms with E-state index >= 15 is 0 Å². The van der Waals surface area contributed by atoms with E-state index in [0.29, 0.717) is 40.7 Å². The van der Waals surface area contributed by atoms with E-state index in [1.807, 2.05) is 35.7 Å². The Morgan fingerprint density at radius 2 is 1.93 bits per heavy atom. The van der Waals surface area contributed by atoms with E-state index < -0.39 is 0 Å². The van der Waals surface area contributed by atoms with Crippen molar-refractivity contribution in [3.63, 3.8) is 0 Å². The zero-order chi connectivity index (χ0) is 19.8. The molecule has 3 aromatic heterocycles. The summed E-state index contributed by atoms with van der Waals surface area (Å²) in [5.74, 6) is -0.308. The summed E-state index contributed by atoms with van der Waals surface area (Å²) in [4.78, 5) is 41.9. The number of para-hydroxylation sites is 2. The van der Waals surface area contributed by atoms with E-state index in [-0.39, 0.29) is 11.8 Å². The van der Waals surface area contributed by atoms with Crippen molar-refractivity contribution in [2.45, 2.75) is 13.0 Å². The second-order valence-corrected chi connectivity index (χ2v) is 8.57. The number of benzene rings is 1. The molecule has 0 aliphatic carbocycles. The highest BCUT2D eigenvalue weighted by Gasteiger charge is 2.26.